The van der Waals surface area contributed by atoms with Gasteiger partial charge in [-0.15, -0.1) is 0 Å². The van der Waals surface area contributed by atoms with E-state index in [1.165, 1.54) is 0 Å². The summed E-state index contributed by atoms with van der Waals surface area (Å²) in [6, 6.07) is 30.5. The molecule has 0 aromatic heterocycles. The van der Waals surface area contributed by atoms with Crippen molar-refractivity contribution in [1.82, 2.24) is 0 Å². The number of hydrogen-bond acceptors (Lipinski definition) is 1. The zero-order chi connectivity index (χ0) is 18.9. The normalized spacial score (nSPS) is 12.1. The quantitative estimate of drug-likeness (QED) is 0.326. The van der Waals surface area contributed by atoms with Crippen molar-refractivity contribution < 1.29 is 4.79 Å². The third kappa shape index (κ3) is 2.97. The molecule has 0 aliphatic rings. The van der Waals surface area contributed by atoms with Crippen LogP contribution >= 0.6 is 30.5 Å². The predicted molar refractivity (Wildman–Crippen MR) is 121 cm³/mol. The molecule has 0 N–H and O–H groups in total. The molecule has 0 saturated heterocycles. The van der Waals surface area contributed by atoms with Gasteiger partial charge in [0, 0.05) is 0 Å². The molecule has 0 fully saturated rings. The zero-order valence-electron chi connectivity index (χ0n) is 14.4. The Kier molecular flexibility index (Phi) is 5.02. The van der Waals surface area contributed by atoms with Gasteiger partial charge in [-0.05, 0) is 0 Å². The Morgan fingerprint density at radius 1 is 0.704 bits per heavy atom. The van der Waals surface area contributed by atoms with Crippen molar-refractivity contribution in [2.24, 2.45) is 0 Å². The number of halogens is 2. The average molecular weight is 411 g/mol. The van der Waals surface area contributed by atoms with E-state index in [1.807, 2.05) is 91.0 Å². The van der Waals surface area contributed by atoms with Crippen LogP contribution in [-0.4, -0.2) is 6.03 Å². The Balaban J connectivity index is 2.16. The molecule has 1 nitrogen and oxygen atoms in total. The van der Waals surface area contributed by atoms with Crippen LogP contribution in [0.1, 0.15) is 0 Å². The van der Waals surface area contributed by atoms with Crippen molar-refractivity contribution in [1.29, 1.82) is 0 Å². The first-order valence-corrected chi connectivity index (χ1v) is 11.5. The van der Waals surface area contributed by atoms with Gasteiger partial charge in [0.1, 0.15) is 0 Å². The molecule has 4 aromatic carbocycles. The van der Waals surface area contributed by atoms with Crippen LogP contribution in [0, 0.1) is 0 Å². The standard InChI is InChI=1S/C23H17Cl2OP/c24-21-15-17-9-7-8-14-20(17)22(25)23(21)27(16-26,18-10-3-1-4-11-18)19-12-5-2-6-13-19/h1-16,27H. The molecule has 4 heteroatoms. The fourth-order valence-corrected chi connectivity index (χ4v) is 8.78. The summed E-state index contributed by atoms with van der Waals surface area (Å²) in [7, 11) is -3.05. The molecule has 0 saturated carbocycles. The van der Waals surface area contributed by atoms with E-state index < -0.39 is 7.26 Å². The SMILES string of the molecule is O=C[PH](c1ccccc1)(c1ccccc1)c1c(Cl)cc2ccccc2c1Cl. The third-order valence-electron chi connectivity index (χ3n) is 4.97. The molecular weight excluding hydrogens is 394 g/mol. The molecule has 0 aliphatic carbocycles. The zero-order valence-corrected chi connectivity index (χ0v) is 16.9. The summed E-state index contributed by atoms with van der Waals surface area (Å²) in [6.45, 7) is 0. The van der Waals surface area contributed by atoms with E-state index in [0.29, 0.717) is 10.0 Å². The van der Waals surface area contributed by atoms with Crippen molar-refractivity contribution in [3.8, 4) is 0 Å². The number of fused-ring (bicyclic) bond motifs is 1. The molecule has 0 bridgehead atoms. The first kappa shape index (κ1) is 18.2. The minimum atomic E-state index is -3.05. The van der Waals surface area contributed by atoms with E-state index in [2.05, 4.69) is 0 Å². The third-order valence-corrected chi connectivity index (χ3v) is 10.1. The number of hydrogen-bond donors (Lipinski definition) is 0. The minimum absolute atomic E-state index is 0.533. The Morgan fingerprint density at radius 3 is 1.78 bits per heavy atom. The molecule has 0 radical (unpaired) electrons. The van der Waals surface area contributed by atoms with E-state index in [1.54, 1.807) is 0 Å². The van der Waals surface area contributed by atoms with Crippen LogP contribution in [0.3, 0.4) is 0 Å². The van der Waals surface area contributed by atoms with Crippen LogP contribution in [-0.2, 0) is 4.79 Å². The molecule has 27 heavy (non-hydrogen) atoms. The van der Waals surface area contributed by atoms with Gasteiger partial charge in [-0.25, -0.2) is 0 Å². The van der Waals surface area contributed by atoms with Crippen LogP contribution in [0.5, 0.6) is 0 Å². The molecule has 4 aromatic rings. The van der Waals surface area contributed by atoms with Crippen molar-refractivity contribution in [2.75, 3.05) is 0 Å². The van der Waals surface area contributed by atoms with E-state index in [4.69, 9.17) is 23.2 Å². The van der Waals surface area contributed by atoms with Crippen molar-refractivity contribution in [3.63, 3.8) is 0 Å². The second-order valence-corrected chi connectivity index (χ2v) is 10.7. The number of benzene rings is 4. The topological polar surface area (TPSA) is 17.1 Å². The fourth-order valence-electron chi connectivity index (χ4n) is 3.68. The van der Waals surface area contributed by atoms with Gasteiger partial charge in [-0.3, -0.25) is 0 Å². The summed E-state index contributed by atoms with van der Waals surface area (Å²) in [5.41, 5.74) is 0. The fraction of sp³-hybridized carbons (Fsp3) is 0. The molecule has 0 atom stereocenters. The monoisotopic (exact) mass is 410 g/mol. The van der Waals surface area contributed by atoms with Crippen LogP contribution in [0.2, 0.25) is 10.0 Å². The van der Waals surface area contributed by atoms with Gasteiger partial charge in [-0.2, -0.15) is 0 Å². The van der Waals surface area contributed by atoms with Crippen LogP contribution in [0.4, 0.5) is 0 Å². The molecule has 0 spiro atoms. The summed E-state index contributed by atoms with van der Waals surface area (Å²) in [5, 5.41) is 5.64. The first-order valence-electron chi connectivity index (χ1n) is 8.63. The van der Waals surface area contributed by atoms with Gasteiger partial charge < -0.3 is 0 Å². The van der Waals surface area contributed by atoms with E-state index in [9.17, 15) is 4.79 Å². The number of carbonyl (C=O) groups excluding carboxylic acids is 1. The summed E-state index contributed by atoms with van der Waals surface area (Å²) in [4.78, 5) is 12.8. The van der Waals surface area contributed by atoms with E-state index in [0.717, 1.165) is 32.7 Å². The van der Waals surface area contributed by atoms with Gasteiger partial charge in [0.25, 0.3) is 0 Å². The van der Waals surface area contributed by atoms with Gasteiger partial charge in [-0.1, -0.05) is 0 Å². The maximum absolute atomic E-state index is 12.8. The van der Waals surface area contributed by atoms with Crippen LogP contribution in [0.15, 0.2) is 91.0 Å². The number of rotatable bonds is 4. The molecule has 0 unspecified atom stereocenters. The Hall–Kier alpha value is -2.18. The summed E-state index contributed by atoms with van der Waals surface area (Å²) in [6.07, 6.45) is 0. The Morgan fingerprint density at radius 2 is 1.22 bits per heavy atom. The summed E-state index contributed by atoms with van der Waals surface area (Å²) in [5.74, 6) is 0. The Bertz CT molecular complexity index is 1070. The Labute approximate surface area is 168 Å². The summed E-state index contributed by atoms with van der Waals surface area (Å²) < 4.78 is 0. The van der Waals surface area contributed by atoms with Gasteiger partial charge >= 0.3 is 169 Å². The number of carbonyl (C=O) groups is 1. The molecule has 0 heterocycles. The molecule has 134 valence electrons. The van der Waals surface area contributed by atoms with Gasteiger partial charge in [0.2, 0.25) is 0 Å². The average Bonchev–Trinajstić information content (AvgIpc) is 2.72. The summed E-state index contributed by atoms with van der Waals surface area (Å²) >= 11 is 13.7. The molecule has 0 amide bonds. The molecule has 0 aliphatic heterocycles. The second kappa shape index (κ2) is 7.44. The van der Waals surface area contributed by atoms with E-state index in [-0.39, 0.29) is 0 Å². The van der Waals surface area contributed by atoms with Gasteiger partial charge in [0.05, 0.1) is 0 Å². The van der Waals surface area contributed by atoms with Crippen LogP contribution in [0.25, 0.3) is 10.8 Å². The van der Waals surface area contributed by atoms with E-state index >= 15 is 0 Å². The van der Waals surface area contributed by atoms with Crippen LogP contribution < -0.4 is 15.9 Å². The maximum atomic E-state index is 12.8. The van der Waals surface area contributed by atoms with Crippen molar-refractivity contribution in [2.45, 2.75) is 0 Å². The van der Waals surface area contributed by atoms with Crippen molar-refractivity contribution in [3.05, 3.63) is 101 Å². The van der Waals surface area contributed by atoms with Gasteiger partial charge in [0.15, 0.2) is 0 Å². The predicted octanol–water partition coefficient (Wildman–Crippen LogP) is 5.36. The first-order chi connectivity index (χ1) is 13.2. The van der Waals surface area contributed by atoms with Crippen molar-refractivity contribution >= 4 is 63.2 Å². The molecule has 4 rings (SSSR count). The second-order valence-electron chi connectivity index (χ2n) is 6.43. The molecular formula is C23H17Cl2OP.